The van der Waals surface area contributed by atoms with E-state index in [0.717, 1.165) is 5.56 Å². The van der Waals surface area contributed by atoms with Crippen molar-refractivity contribution >= 4 is 18.1 Å². The summed E-state index contributed by atoms with van der Waals surface area (Å²) in [6.07, 6.45) is -0.508. The maximum Gasteiger partial charge on any atom is 0.408 e. The van der Waals surface area contributed by atoms with Gasteiger partial charge in [-0.2, -0.15) is 0 Å². The molecule has 3 amide bonds. The fraction of sp³-hybridized carbons (Fsp3) is 0.526. The smallest absolute Gasteiger partial charge is 0.408 e. The van der Waals surface area contributed by atoms with Crippen LogP contribution in [0.3, 0.4) is 0 Å². The highest BCUT2D eigenvalue weighted by atomic mass is 16.6. The average Bonchev–Trinajstić information content (AvgIpc) is 2.61. The number of alkyl carbamates (subject to hydrolysis) is 1. The third kappa shape index (κ3) is 9.77. The van der Waals surface area contributed by atoms with Crippen molar-refractivity contribution in [2.45, 2.75) is 38.8 Å². The van der Waals surface area contributed by atoms with Crippen LogP contribution in [0.5, 0.6) is 0 Å². The summed E-state index contributed by atoms with van der Waals surface area (Å²) in [6, 6.07) is 7.76. The number of primary amides is 1. The molecular weight excluding hydrogens is 366 g/mol. The van der Waals surface area contributed by atoms with Crippen LogP contribution < -0.4 is 11.1 Å². The van der Waals surface area contributed by atoms with E-state index in [4.69, 9.17) is 20.3 Å². The van der Waals surface area contributed by atoms with Crippen molar-refractivity contribution in [1.82, 2.24) is 10.2 Å². The molecule has 1 aromatic carbocycles. The van der Waals surface area contributed by atoms with Crippen LogP contribution in [-0.4, -0.2) is 66.0 Å². The zero-order valence-electron chi connectivity index (χ0n) is 16.5. The first kappa shape index (κ1) is 23.2. The number of hydrogen-bond acceptors (Lipinski definition) is 5. The molecule has 1 heterocycles. The van der Waals surface area contributed by atoms with Crippen molar-refractivity contribution in [3.05, 3.63) is 35.9 Å². The first-order valence-electron chi connectivity index (χ1n) is 8.97. The van der Waals surface area contributed by atoms with Crippen molar-refractivity contribution in [2.75, 3.05) is 26.3 Å². The molecule has 2 rings (SSSR count). The van der Waals surface area contributed by atoms with Crippen LogP contribution in [-0.2, 0) is 20.7 Å². The zero-order valence-corrected chi connectivity index (χ0v) is 16.5. The van der Waals surface area contributed by atoms with Gasteiger partial charge < -0.3 is 30.5 Å². The van der Waals surface area contributed by atoms with Gasteiger partial charge in [-0.3, -0.25) is 0 Å². The van der Waals surface area contributed by atoms with Crippen LogP contribution in [0.1, 0.15) is 26.3 Å². The standard InChI is InChI=1S/C14H19NO4.C5H10N2O2/c1-14(2,3)19-13(18)15-11(12(16)17)9-10-7-5-4-6-8-10;6-5(8)7-1-3-9-4-2-7/h4-8,11H,9H2,1-3H3,(H,15,18)(H,16,17);1-4H2,(H2,6,8)/t11-;/m0./s1. The van der Waals surface area contributed by atoms with Crippen LogP contribution in [0.2, 0.25) is 0 Å². The molecule has 28 heavy (non-hydrogen) atoms. The molecule has 0 unspecified atom stereocenters. The Kier molecular flexibility index (Phi) is 9.23. The van der Waals surface area contributed by atoms with Crippen LogP contribution in [0.15, 0.2) is 30.3 Å². The minimum Gasteiger partial charge on any atom is -0.480 e. The third-order valence-electron chi connectivity index (χ3n) is 3.59. The summed E-state index contributed by atoms with van der Waals surface area (Å²) in [6.45, 7) is 7.66. The van der Waals surface area contributed by atoms with Gasteiger partial charge in [-0.05, 0) is 26.3 Å². The fourth-order valence-corrected chi connectivity index (χ4v) is 2.28. The molecule has 0 spiro atoms. The molecule has 9 nitrogen and oxygen atoms in total. The number of amides is 3. The molecule has 1 aromatic rings. The summed E-state index contributed by atoms with van der Waals surface area (Å²) in [5, 5.41) is 11.5. The highest BCUT2D eigenvalue weighted by Crippen LogP contribution is 2.08. The Morgan fingerprint density at radius 2 is 1.79 bits per heavy atom. The normalized spacial score (nSPS) is 14.9. The lowest BCUT2D eigenvalue weighted by Gasteiger charge is -2.24. The number of benzene rings is 1. The van der Waals surface area contributed by atoms with Crippen molar-refractivity contribution in [3.63, 3.8) is 0 Å². The number of carboxylic acids is 1. The Labute approximate surface area is 164 Å². The fourth-order valence-electron chi connectivity index (χ4n) is 2.28. The second kappa shape index (κ2) is 11.1. The predicted octanol–water partition coefficient (Wildman–Crippen LogP) is 1.60. The summed E-state index contributed by atoms with van der Waals surface area (Å²) < 4.78 is 10.0. The summed E-state index contributed by atoms with van der Waals surface area (Å²) >= 11 is 0. The topological polar surface area (TPSA) is 131 Å². The maximum absolute atomic E-state index is 11.6. The molecule has 4 N–H and O–H groups in total. The number of urea groups is 1. The molecule has 0 saturated carbocycles. The lowest BCUT2D eigenvalue weighted by atomic mass is 10.1. The van der Waals surface area contributed by atoms with E-state index in [9.17, 15) is 14.4 Å². The molecule has 9 heteroatoms. The average molecular weight is 395 g/mol. The zero-order chi connectivity index (χ0) is 21.2. The van der Waals surface area contributed by atoms with E-state index in [1.54, 1.807) is 25.7 Å². The van der Waals surface area contributed by atoms with E-state index in [1.165, 1.54) is 0 Å². The Hall–Kier alpha value is -2.81. The number of nitrogens with zero attached hydrogens (tertiary/aromatic N) is 1. The monoisotopic (exact) mass is 395 g/mol. The van der Waals surface area contributed by atoms with Gasteiger partial charge in [0.1, 0.15) is 11.6 Å². The molecule has 0 bridgehead atoms. The number of nitrogens with one attached hydrogen (secondary N) is 1. The van der Waals surface area contributed by atoms with Gasteiger partial charge in [-0.15, -0.1) is 0 Å². The van der Waals surface area contributed by atoms with Crippen LogP contribution >= 0.6 is 0 Å². The van der Waals surface area contributed by atoms with Gasteiger partial charge in [0, 0.05) is 19.5 Å². The second-order valence-corrected chi connectivity index (χ2v) is 7.16. The number of rotatable bonds is 4. The lowest BCUT2D eigenvalue weighted by Crippen LogP contribution is -2.44. The number of carboxylic acid groups (broad SMARTS) is 1. The molecule has 1 saturated heterocycles. The van der Waals surface area contributed by atoms with Crippen molar-refractivity contribution in [2.24, 2.45) is 5.73 Å². The highest BCUT2D eigenvalue weighted by Gasteiger charge is 2.24. The van der Waals surface area contributed by atoms with Gasteiger partial charge >= 0.3 is 18.1 Å². The SMILES string of the molecule is CC(C)(C)OC(=O)N[C@@H](Cc1ccccc1)C(=O)O.NC(=O)N1CCOCC1. The van der Waals surface area contributed by atoms with Crippen LogP contribution in [0.25, 0.3) is 0 Å². The molecule has 0 aromatic heterocycles. The molecule has 1 fully saturated rings. The summed E-state index contributed by atoms with van der Waals surface area (Å²) in [4.78, 5) is 34.7. The molecular formula is C19H29N3O6. The molecule has 0 radical (unpaired) electrons. The number of aliphatic carboxylic acids is 1. The van der Waals surface area contributed by atoms with Crippen LogP contribution in [0, 0.1) is 0 Å². The number of morpholine rings is 1. The summed E-state index contributed by atoms with van der Waals surface area (Å²) in [5.74, 6) is -1.09. The van der Waals surface area contributed by atoms with Gasteiger partial charge in [0.2, 0.25) is 0 Å². The number of nitrogens with two attached hydrogens (primary N) is 1. The van der Waals surface area contributed by atoms with Crippen molar-refractivity contribution in [3.8, 4) is 0 Å². The Morgan fingerprint density at radius 3 is 2.21 bits per heavy atom. The van der Waals surface area contributed by atoms with E-state index < -0.39 is 23.7 Å². The molecule has 1 aliphatic rings. The van der Waals surface area contributed by atoms with Gasteiger partial charge in [0.25, 0.3) is 0 Å². The van der Waals surface area contributed by atoms with Gasteiger partial charge in [0.15, 0.2) is 0 Å². The van der Waals surface area contributed by atoms with E-state index in [1.807, 2.05) is 30.3 Å². The van der Waals surface area contributed by atoms with Gasteiger partial charge in [-0.1, -0.05) is 30.3 Å². The Morgan fingerprint density at radius 1 is 1.21 bits per heavy atom. The minimum atomic E-state index is -1.09. The largest absolute Gasteiger partial charge is 0.480 e. The van der Waals surface area contributed by atoms with Crippen molar-refractivity contribution in [1.29, 1.82) is 0 Å². The Bertz CT molecular complexity index is 639. The van der Waals surface area contributed by atoms with Gasteiger partial charge in [0.05, 0.1) is 13.2 Å². The lowest BCUT2D eigenvalue weighted by molar-refractivity contribution is -0.139. The predicted molar refractivity (Wildman–Crippen MR) is 103 cm³/mol. The minimum absolute atomic E-state index is 0.218. The van der Waals surface area contributed by atoms with Gasteiger partial charge in [-0.25, -0.2) is 14.4 Å². The maximum atomic E-state index is 11.6. The van der Waals surface area contributed by atoms with Crippen LogP contribution in [0.4, 0.5) is 9.59 Å². The first-order valence-corrected chi connectivity index (χ1v) is 8.97. The highest BCUT2D eigenvalue weighted by molar-refractivity contribution is 5.80. The molecule has 1 atom stereocenters. The number of carbonyl (C=O) groups is 3. The van der Waals surface area contributed by atoms with E-state index in [-0.39, 0.29) is 12.5 Å². The molecule has 156 valence electrons. The Balaban J connectivity index is 0.000000362. The van der Waals surface area contributed by atoms with E-state index in [2.05, 4.69) is 5.32 Å². The first-order chi connectivity index (χ1) is 13.1. The van der Waals surface area contributed by atoms with E-state index >= 15 is 0 Å². The number of carbonyl (C=O) groups excluding carboxylic acids is 2. The second-order valence-electron chi connectivity index (χ2n) is 7.16. The summed E-state index contributed by atoms with van der Waals surface area (Å²) in [5.41, 5.74) is 5.18. The van der Waals surface area contributed by atoms with E-state index in [0.29, 0.717) is 26.3 Å². The third-order valence-corrected chi connectivity index (χ3v) is 3.59. The number of hydrogen-bond donors (Lipinski definition) is 3. The van der Waals surface area contributed by atoms with Crippen molar-refractivity contribution < 1.29 is 29.0 Å². The summed E-state index contributed by atoms with van der Waals surface area (Å²) in [7, 11) is 0. The molecule has 0 aliphatic carbocycles. The quantitative estimate of drug-likeness (QED) is 0.710. The molecule has 1 aliphatic heterocycles. The number of ether oxygens (including phenoxy) is 2.